The number of nitrogens with two attached hydrogens (primary N) is 1. The quantitative estimate of drug-likeness (QED) is 0.599. The van der Waals surface area contributed by atoms with E-state index < -0.39 is 0 Å². The summed E-state index contributed by atoms with van der Waals surface area (Å²) in [7, 11) is 1.79. The van der Waals surface area contributed by atoms with Gasteiger partial charge in [0, 0.05) is 44.9 Å². The van der Waals surface area contributed by atoms with Gasteiger partial charge in [0.05, 0.1) is 12.7 Å². The first-order valence-electron chi connectivity index (χ1n) is 9.43. The van der Waals surface area contributed by atoms with Gasteiger partial charge in [-0.25, -0.2) is 0 Å². The van der Waals surface area contributed by atoms with Crippen LogP contribution in [0.25, 0.3) is 0 Å². The molecule has 3 N–H and O–H groups in total. The molecule has 1 fully saturated rings. The van der Waals surface area contributed by atoms with Gasteiger partial charge in [0.1, 0.15) is 0 Å². The molecule has 1 unspecified atom stereocenters. The molecular formula is C20H28N6O. The van der Waals surface area contributed by atoms with Crippen molar-refractivity contribution in [3.8, 4) is 0 Å². The number of piperidine rings is 1. The summed E-state index contributed by atoms with van der Waals surface area (Å²) in [6.45, 7) is 3.19. The normalized spacial score (nSPS) is 17.7. The zero-order valence-electron chi connectivity index (χ0n) is 15.8. The molecule has 1 aromatic heterocycles. The molecule has 1 aliphatic rings. The highest BCUT2D eigenvalue weighted by Gasteiger charge is 2.23. The number of aliphatic imine (C=N–C) groups is 1. The lowest BCUT2D eigenvalue weighted by Crippen LogP contribution is -2.46. The van der Waals surface area contributed by atoms with Crippen LogP contribution in [0.15, 0.2) is 47.7 Å². The van der Waals surface area contributed by atoms with Crippen LogP contribution >= 0.6 is 0 Å². The van der Waals surface area contributed by atoms with Crippen molar-refractivity contribution in [1.82, 2.24) is 20.0 Å². The zero-order valence-corrected chi connectivity index (χ0v) is 15.8. The van der Waals surface area contributed by atoms with Crippen molar-refractivity contribution in [3.63, 3.8) is 0 Å². The van der Waals surface area contributed by atoms with E-state index in [2.05, 4.69) is 38.6 Å². The lowest BCUT2D eigenvalue weighted by Gasteiger charge is -2.34. The van der Waals surface area contributed by atoms with Gasteiger partial charge >= 0.3 is 0 Å². The molecule has 1 aromatic carbocycles. The molecule has 144 valence electrons. The first kappa shape index (κ1) is 18.9. The number of carbonyl (C=O) groups is 1. The highest BCUT2D eigenvalue weighted by atomic mass is 16.1. The van der Waals surface area contributed by atoms with E-state index in [1.807, 2.05) is 29.1 Å². The number of guanidine groups is 1. The summed E-state index contributed by atoms with van der Waals surface area (Å²) in [4.78, 5) is 17.8. The predicted octanol–water partition coefficient (Wildman–Crippen LogP) is 1.59. The Balaban J connectivity index is 1.53. The van der Waals surface area contributed by atoms with Crippen LogP contribution in [-0.2, 0) is 17.9 Å². The van der Waals surface area contributed by atoms with E-state index in [4.69, 9.17) is 5.73 Å². The smallest absolute Gasteiger partial charge is 0.217 e. The monoisotopic (exact) mass is 368 g/mol. The number of primary amides is 1. The number of hydrogen-bond donors (Lipinski definition) is 2. The number of aromatic nitrogens is 2. The lowest BCUT2D eigenvalue weighted by atomic mass is 9.95. The SMILES string of the molecule is CN=C(NCc1cnn(Cc2ccccc2)c1)N1CCCC(CC(N)=O)C1. The Bertz CT molecular complexity index is 770. The summed E-state index contributed by atoms with van der Waals surface area (Å²) in [6.07, 6.45) is 6.48. The highest BCUT2D eigenvalue weighted by molar-refractivity contribution is 5.80. The first-order chi connectivity index (χ1) is 13.1. The van der Waals surface area contributed by atoms with E-state index in [0.717, 1.165) is 44.0 Å². The fourth-order valence-corrected chi connectivity index (χ4v) is 3.58. The molecular weight excluding hydrogens is 340 g/mol. The van der Waals surface area contributed by atoms with E-state index in [1.165, 1.54) is 5.56 Å². The Morgan fingerprint density at radius 3 is 2.89 bits per heavy atom. The summed E-state index contributed by atoms with van der Waals surface area (Å²) in [6, 6.07) is 10.3. The van der Waals surface area contributed by atoms with Gasteiger partial charge < -0.3 is 16.0 Å². The number of nitrogens with zero attached hydrogens (tertiary/aromatic N) is 4. The maximum absolute atomic E-state index is 11.2. The van der Waals surface area contributed by atoms with Crippen LogP contribution in [0.2, 0.25) is 0 Å². The highest BCUT2D eigenvalue weighted by Crippen LogP contribution is 2.19. The van der Waals surface area contributed by atoms with Crippen LogP contribution in [0.4, 0.5) is 0 Å². The Kier molecular flexibility index (Phi) is 6.46. The van der Waals surface area contributed by atoms with Gasteiger partial charge in [-0.2, -0.15) is 5.10 Å². The molecule has 1 amide bonds. The van der Waals surface area contributed by atoms with E-state index in [-0.39, 0.29) is 5.91 Å². The van der Waals surface area contributed by atoms with E-state index >= 15 is 0 Å². The average molecular weight is 368 g/mol. The molecule has 0 aliphatic carbocycles. The number of amides is 1. The lowest BCUT2D eigenvalue weighted by molar-refractivity contribution is -0.119. The second kappa shape index (κ2) is 9.21. The van der Waals surface area contributed by atoms with Gasteiger partial charge in [0.25, 0.3) is 0 Å². The summed E-state index contributed by atoms with van der Waals surface area (Å²) in [5, 5.41) is 7.86. The van der Waals surface area contributed by atoms with Gasteiger partial charge in [0.2, 0.25) is 5.91 Å². The molecule has 1 atom stereocenters. The largest absolute Gasteiger partial charge is 0.370 e. The fourth-order valence-electron chi connectivity index (χ4n) is 3.58. The molecule has 1 aliphatic heterocycles. The number of hydrogen-bond acceptors (Lipinski definition) is 3. The van der Waals surface area contributed by atoms with Crippen LogP contribution < -0.4 is 11.1 Å². The van der Waals surface area contributed by atoms with Crippen molar-refractivity contribution in [2.24, 2.45) is 16.6 Å². The Morgan fingerprint density at radius 2 is 2.15 bits per heavy atom. The molecule has 0 saturated carbocycles. The molecule has 27 heavy (non-hydrogen) atoms. The van der Waals surface area contributed by atoms with Gasteiger partial charge in [-0.1, -0.05) is 30.3 Å². The zero-order chi connectivity index (χ0) is 19.1. The molecule has 0 spiro atoms. The molecule has 1 saturated heterocycles. The van der Waals surface area contributed by atoms with Gasteiger partial charge in [-0.15, -0.1) is 0 Å². The molecule has 0 radical (unpaired) electrons. The third-order valence-corrected chi connectivity index (χ3v) is 4.84. The molecule has 2 aromatic rings. The van der Waals surface area contributed by atoms with Crippen molar-refractivity contribution in [1.29, 1.82) is 0 Å². The van der Waals surface area contributed by atoms with Crippen molar-refractivity contribution in [2.75, 3.05) is 20.1 Å². The Hall–Kier alpha value is -2.83. The van der Waals surface area contributed by atoms with Crippen molar-refractivity contribution in [3.05, 3.63) is 53.9 Å². The van der Waals surface area contributed by atoms with Crippen LogP contribution in [-0.4, -0.2) is 46.7 Å². The van der Waals surface area contributed by atoms with Gasteiger partial charge in [-0.3, -0.25) is 14.5 Å². The summed E-state index contributed by atoms with van der Waals surface area (Å²) in [5.74, 6) is 0.944. The Morgan fingerprint density at radius 1 is 1.33 bits per heavy atom. The predicted molar refractivity (Wildman–Crippen MR) is 106 cm³/mol. The summed E-state index contributed by atoms with van der Waals surface area (Å²) >= 11 is 0. The second-order valence-corrected chi connectivity index (χ2v) is 7.06. The van der Waals surface area contributed by atoms with Crippen LogP contribution in [0.3, 0.4) is 0 Å². The average Bonchev–Trinajstić information content (AvgIpc) is 3.10. The molecule has 0 bridgehead atoms. The van der Waals surface area contributed by atoms with Crippen molar-refractivity contribution < 1.29 is 4.79 Å². The maximum atomic E-state index is 11.2. The minimum absolute atomic E-state index is 0.226. The summed E-state index contributed by atoms with van der Waals surface area (Å²) in [5.41, 5.74) is 7.69. The standard InChI is InChI=1S/C20H28N6O/c1-22-20(25-9-5-8-17(13-25)10-19(21)27)23-11-18-12-24-26(15-18)14-16-6-3-2-4-7-16/h2-4,6-7,12,15,17H,5,8-11,13-14H2,1H3,(H2,21,27)(H,22,23). The number of benzene rings is 1. The fraction of sp³-hybridized carbons (Fsp3) is 0.450. The van der Waals surface area contributed by atoms with E-state index in [1.54, 1.807) is 7.05 Å². The number of nitrogens with one attached hydrogen (secondary N) is 1. The topological polar surface area (TPSA) is 88.5 Å². The second-order valence-electron chi connectivity index (χ2n) is 7.06. The molecule has 7 nitrogen and oxygen atoms in total. The number of likely N-dealkylation sites (tertiary alicyclic amines) is 1. The first-order valence-corrected chi connectivity index (χ1v) is 9.43. The molecule has 7 heteroatoms. The van der Waals surface area contributed by atoms with Crippen LogP contribution in [0, 0.1) is 5.92 Å². The molecule has 2 heterocycles. The summed E-state index contributed by atoms with van der Waals surface area (Å²) < 4.78 is 1.94. The van der Waals surface area contributed by atoms with Gasteiger partial charge in [0.15, 0.2) is 5.96 Å². The van der Waals surface area contributed by atoms with Gasteiger partial charge in [-0.05, 0) is 24.3 Å². The van der Waals surface area contributed by atoms with Crippen molar-refractivity contribution >= 4 is 11.9 Å². The van der Waals surface area contributed by atoms with Crippen LogP contribution in [0.1, 0.15) is 30.4 Å². The van der Waals surface area contributed by atoms with Crippen LogP contribution in [0.5, 0.6) is 0 Å². The van der Waals surface area contributed by atoms with Crippen molar-refractivity contribution in [2.45, 2.75) is 32.4 Å². The minimum atomic E-state index is -0.226. The van der Waals surface area contributed by atoms with E-state index in [9.17, 15) is 4.79 Å². The number of carbonyl (C=O) groups excluding carboxylic acids is 1. The third kappa shape index (κ3) is 5.57. The minimum Gasteiger partial charge on any atom is -0.370 e. The number of rotatable bonds is 6. The third-order valence-electron chi connectivity index (χ3n) is 4.84. The maximum Gasteiger partial charge on any atom is 0.217 e. The Labute approximate surface area is 160 Å². The van der Waals surface area contributed by atoms with E-state index in [0.29, 0.717) is 18.9 Å². The molecule has 3 rings (SSSR count).